The molecular formula is C46H90N2O5S. The van der Waals surface area contributed by atoms with Gasteiger partial charge in [-0.3, -0.25) is 4.79 Å². The zero-order valence-corrected chi connectivity index (χ0v) is 37.7. The molecule has 0 saturated heterocycles. The van der Waals surface area contributed by atoms with Crippen LogP contribution in [0.5, 0.6) is 0 Å². The number of nitrogens with zero attached hydrogens (tertiary/aromatic N) is 2. The van der Waals surface area contributed by atoms with Gasteiger partial charge in [0, 0.05) is 11.8 Å². The summed E-state index contributed by atoms with van der Waals surface area (Å²) in [5.41, 5.74) is 0. The third-order valence-corrected chi connectivity index (χ3v) is 12.0. The van der Waals surface area contributed by atoms with Crippen molar-refractivity contribution in [2.75, 3.05) is 19.8 Å². The minimum atomic E-state index is -0.864. The number of amides is 3. The summed E-state index contributed by atoms with van der Waals surface area (Å²) in [6.45, 7) is 11.0. The number of ether oxygens (including phenoxy) is 2. The van der Waals surface area contributed by atoms with E-state index in [0.717, 1.165) is 88.8 Å². The van der Waals surface area contributed by atoms with Crippen molar-refractivity contribution in [1.29, 1.82) is 0 Å². The van der Waals surface area contributed by atoms with Gasteiger partial charge in [0.15, 0.2) is 0 Å². The Bertz CT molecular complexity index is 782. The largest absolute Gasteiger partial charge is 0.445 e. The molecule has 0 aliphatic rings. The highest BCUT2D eigenvalue weighted by Gasteiger charge is 2.35. The SMILES string of the molecule is CCCCCCCCCC(CCCCCCCCC)OC(=O)N(C(=O)OC(CCCCCCCCC)CCCCCCCCC)C(=O)SCC(C)N(C)C. The molecule has 0 heterocycles. The highest BCUT2D eigenvalue weighted by atomic mass is 32.2. The number of imide groups is 3. The van der Waals surface area contributed by atoms with Crippen LogP contribution >= 0.6 is 11.8 Å². The fourth-order valence-electron chi connectivity index (χ4n) is 6.86. The summed E-state index contributed by atoms with van der Waals surface area (Å²) in [5.74, 6) is 0.460. The first kappa shape index (κ1) is 52.7. The van der Waals surface area contributed by atoms with E-state index < -0.39 is 17.4 Å². The average molecular weight is 783 g/mol. The van der Waals surface area contributed by atoms with E-state index in [1.54, 1.807) is 0 Å². The Hall–Kier alpha value is -1.28. The lowest BCUT2D eigenvalue weighted by Crippen LogP contribution is -2.44. The molecule has 3 amide bonds. The highest BCUT2D eigenvalue weighted by molar-refractivity contribution is 8.13. The Balaban J connectivity index is 5.79. The van der Waals surface area contributed by atoms with Crippen LogP contribution in [0.25, 0.3) is 0 Å². The maximum absolute atomic E-state index is 13.9. The molecule has 0 bridgehead atoms. The molecule has 0 N–H and O–H groups in total. The van der Waals surface area contributed by atoms with Gasteiger partial charge >= 0.3 is 17.4 Å². The normalized spacial score (nSPS) is 12.2. The predicted molar refractivity (Wildman–Crippen MR) is 234 cm³/mol. The molecule has 0 aliphatic carbocycles. The third kappa shape index (κ3) is 30.9. The number of thioether (sulfide) groups is 1. The monoisotopic (exact) mass is 783 g/mol. The van der Waals surface area contributed by atoms with Crippen LogP contribution in [0.2, 0.25) is 0 Å². The van der Waals surface area contributed by atoms with E-state index in [2.05, 4.69) is 27.7 Å². The van der Waals surface area contributed by atoms with Crippen molar-refractivity contribution < 1.29 is 23.9 Å². The van der Waals surface area contributed by atoms with Crippen molar-refractivity contribution in [3.05, 3.63) is 0 Å². The lowest BCUT2D eigenvalue weighted by atomic mass is 10.0. The fourth-order valence-corrected chi connectivity index (χ4v) is 7.82. The Labute approximate surface area is 340 Å². The van der Waals surface area contributed by atoms with Gasteiger partial charge in [-0.1, -0.05) is 194 Å². The fraction of sp³-hybridized carbons (Fsp3) is 0.935. The Kier molecular flexibility index (Phi) is 37.7. The summed E-state index contributed by atoms with van der Waals surface area (Å²) in [6, 6.07) is 0.0950. The Morgan fingerprint density at radius 3 is 0.963 bits per heavy atom. The molecule has 0 aromatic carbocycles. The Morgan fingerprint density at radius 2 is 0.704 bits per heavy atom. The lowest BCUT2D eigenvalue weighted by molar-refractivity contribution is 0.0394. The van der Waals surface area contributed by atoms with E-state index in [1.807, 2.05) is 25.9 Å². The van der Waals surface area contributed by atoms with Gasteiger partial charge in [0.05, 0.1) is 0 Å². The van der Waals surface area contributed by atoms with Crippen molar-refractivity contribution in [2.24, 2.45) is 0 Å². The topological polar surface area (TPSA) is 76.1 Å². The first-order chi connectivity index (χ1) is 26.2. The van der Waals surface area contributed by atoms with Crippen molar-refractivity contribution in [3.8, 4) is 0 Å². The molecule has 0 fully saturated rings. The van der Waals surface area contributed by atoms with E-state index in [-0.39, 0.29) is 18.2 Å². The maximum atomic E-state index is 13.9. The molecule has 0 rings (SSSR count). The number of hydrogen-bond donors (Lipinski definition) is 0. The van der Waals surface area contributed by atoms with E-state index in [0.29, 0.717) is 10.7 Å². The second-order valence-electron chi connectivity index (χ2n) is 16.4. The zero-order chi connectivity index (χ0) is 40.1. The van der Waals surface area contributed by atoms with Gasteiger partial charge in [-0.05, 0) is 72.4 Å². The maximum Gasteiger partial charge on any atom is 0.427 e. The van der Waals surface area contributed by atoms with Crippen molar-refractivity contribution in [1.82, 2.24) is 9.80 Å². The molecule has 0 radical (unpaired) electrons. The molecule has 8 heteroatoms. The lowest BCUT2D eigenvalue weighted by Gasteiger charge is -2.26. The van der Waals surface area contributed by atoms with E-state index in [9.17, 15) is 14.4 Å². The molecular weight excluding hydrogens is 693 g/mol. The molecule has 1 unspecified atom stereocenters. The summed E-state index contributed by atoms with van der Waals surface area (Å²) in [7, 11) is 3.93. The van der Waals surface area contributed by atoms with Crippen LogP contribution in [0.4, 0.5) is 14.4 Å². The van der Waals surface area contributed by atoms with Gasteiger partial charge in [0.2, 0.25) is 0 Å². The van der Waals surface area contributed by atoms with Gasteiger partial charge in [-0.15, -0.1) is 4.90 Å². The third-order valence-electron chi connectivity index (χ3n) is 10.9. The second-order valence-corrected chi connectivity index (χ2v) is 17.3. The average Bonchev–Trinajstić information content (AvgIpc) is 3.15. The Morgan fingerprint density at radius 1 is 0.444 bits per heavy atom. The summed E-state index contributed by atoms with van der Waals surface area (Å²) >= 11 is 0.999. The van der Waals surface area contributed by atoms with Gasteiger partial charge in [-0.2, -0.15) is 0 Å². The van der Waals surface area contributed by atoms with Crippen molar-refractivity contribution >= 4 is 29.2 Å². The van der Waals surface area contributed by atoms with E-state index in [1.165, 1.54) is 128 Å². The molecule has 0 saturated carbocycles. The molecule has 320 valence electrons. The molecule has 0 spiro atoms. The number of hydrogen-bond acceptors (Lipinski definition) is 7. The number of rotatable bonds is 37. The number of carbonyl (C=O) groups is 3. The van der Waals surface area contributed by atoms with Crippen LogP contribution in [0, 0.1) is 0 Å². The van der Waals surface area contributed by atoms with Crippen LogP contribution in [0.3, 0.4) is 0 Å². The molecule has 0 aromatic rings. The predicted octanol–water partition coefficient (Wildman–Crippen LogP) is 15.7. The quantitative estimate of drug-likeness (QED) is 0.0581. The molecule has 1 atom stereocenters. The summed E-state index contributed by atoms with van der Waals surface area (Å²) < 4.78 is 12.2. The minimum absolute atomic E-state index is 0.0950. The molecule has 7 nitrogen and oxygen atoms in total. The minimum Gasteiger partial charge on any atom is -0.445 e. The summed E-state index contributed by atoms with van der Waals surface area (Å²) in [5, 5.41) is -0.602. The number of carbonyl (C=O) groups excluding carboxylic acids is 3. The van der Waals surface area contributed by atoms with Gasteiger partial charge in [0.25, 0.3) is 0 Å². The highest BCUT2D eigenvalue weighted by Crippen LogP contribution is 2.23. The molecule has 0 aliphatic heterocycles. The van der Waals surface area contributed by atoms with Crippen molar-refractivity contribution in [2.45, 2.75) is 258 Å². The zero-order valence-electron chi connectivity index (χ0n) is 36.9. The summed E-state index contributed by atoms with van der Waals surface area (Å²) in [4.78, 5) is 44.3. The van der Waals surface area contributed by atoms with Crippen LogP contribution in [-0.2, 0) is 9.47 Å². The number of unbranched alkanes of at least 4 members (excludes halogenated alkanes) is 24. The van der Waals surface area contributed by atoms with Gasteiger partial charge < -0.3 is 14.4 Å². The first-order valence-corrected chi connectivity index (χ1v) is 24.2. The first-order valence-electron chi connectivity index (χ1n) is 23.3. The molecule has 0 aromatic heterocycles. The summed E-state index contributed by atoms with van der Waals surface area (Å²) in [6.07, 6.45) is 33.9. The van der Waals surface area contributed by atoms with Crippen LogP contribution in [0.1, 0.15) is 240 Å². The molecule has 54 heavy (non-hydrogen) atoms. The van der Waals surface area contributed by atoms with Crippen LogP contribution in [0.15, 0.2) is 0 Å². The second kappa shape index (κ2) is 38.6. The van der Waals surface area contributed by atoms with E-state index >= 15 is 0 Å². The van der Waals surface area contributed by atoms with Crippen LogP contribution < -0.4 is 0 Å². The van der Waals surface area contributed by atoms with Gasteiger partial charge in [-0.25, -0.2) is 9.59 Å². The van der Waals surface area contributed by atoms with E-state index in [4.69, 9.17) is 9.47 Å². The van der Waals surface area contributed by atoms with Crippen molar-refractivity contribution in [3.63, 3.8) is 0 Å². The standard InChI is InChI=1S/C46H90N2O5S/c1-8-12-16-20-24-28-32-36-42(37-33-29-25-21-17-13-9-2)52-44(49)48(46(51)54-40-41(5)47(6)7)45(50)53-43(38-34-30-26-22-18-14-10-3)39-35-31-27-23-19-15-11-4/h41-43H,8-40H2,1-7H3. The van der Waals surface area contributed by atoms with Gasteiger partial charge in [0.1, 0.15) is 12.2 Å². The smallest absolute Gasteiger partial charge is 0.427 e. The van der Waals surface area contributed by atoms with Crippen LogP contribution in [-0.4, -0.2) is 65.3 Å².